The minimum atomic E-state index is 0.250. The predicted octanol–water partition coefficient (Wildman–Crippen LogP) is 2.69. The standard InChI is InChI=1S/C15H21N3O/c1-3-18(4-2)10-9-17-14-7-8-16-15-11-12(19)5-6-13(14)15/h5-8,11,19H,3-4,9-10H2,1-2H3,(H,16,17). The molecule has 0 amide bonds. The van der Waals surface area contributed by atoms with E-state index in [1.54, 1.807) is 18.3 Å². The topological polar surface area (TPSA) is 48.4 Å². The molecule has 2 rings (SSSR count). The van der Waals surface area contributed by atoms with Crippen molar-refractivity contribution in [3.8, 4) is 5.75 Å². The fourth-order valence-corrected chi connectivity index (χ4v) is 2.18. The SMILES string of the molecule is CCN(CC)CCNc1ccnc2cc(O)ccc12. The van der Waals surface area contributed by atoms with Gasteiger partial charge in [-0.05, 0) is 31.3 Å². The second-order valence-corrected chi connectivity index (χ2v) is 4.51. The number of phenols is 1. The highest BCUT2D eigenvalue weighted by atomic mass is 16.3. The van der Waals surface area contributed by atoms with Crippen molar-refractivity contribution < 1.29 is 5.11 Å². The Kier molecular flexibility index (Phi) is 4.58. The number of hydrogen-bond donors (Lipinski definition) is 2. The van der Waals surface area contributed by atoms with Gasteiger partial charge in [-0.2, -0.15) is 0 Å². The highest BCUT2D eigenvalue weighted by Gasteiger charge is 2.03. The summed E-state index contributed by atoms with van der Waals surface area (Å²) in [6.07, 6.45) is 1.77. The smallest absolute Gasteiger partial charge is 0.117 e. The summed E-state index contributed by atoms with van der Waals surface area (Å²) >= 11 is 0. The van der Waals surface area contributed by atoms with Gasteiger partial charge in [0.1, 0.15) is 5.75 Å². The summed E-state index contributed by atoms with van der Waals surface area (Å²) in [6, 6.07) is 7.25. The summed E-state index contributed by atoms with van der Waals surface area (Å²) in [4.78, 5) is 6.65. The van der Waals surface area contributed by atoms with E-state index >= 15 is 0 Å². The van der Waals surface area contributed by atoms with Crippen LogP contribution < -0.4 is 5.32 Å². The zero-order chi connectivity index (χ0) is 13.7. The van der Waals surface area contributed by atoms with Crippen LogP contribution in [0.15, 0.2) is 30.5 Å². The number of pyridine rings is 1. The molecule has 2 aromatic rings. The third kappa shape index (κ3) is 3.35. The van der Waals surface area contributed by atoms with E-state index in [1.165, 1.54) is 0 Å². The first-order valence-corrected chi connectivity index (χ1v) is 6.78. The summed E-state index contributed by atoms with van der Waals surface area (Å²) in [5, 5.41) is 14.0. The number of likely N-dealkylation sites (N-methyl/N-ethyl adjacent to an activating group) is 1. The monoisotopic (exact) mass is 259 g/mol. The molecule has 0 saturated carbocycles. The van der Waals surface area contributed by atoms with Gasteiger partial charge in [-0.3, -0.25) is 4.98 Å². The van der Waals surface area contributed by atoms with Gasteiger partial charge < -0.3 is 15.3 Å². The van der Waals surface area contributed by atoms with Crippen LogP contribution >= 0.6 is 0 Å². The van der Waals surface area contributed by atoms with Crippen LogP contribution in [0.3, 0.4) is 0 Å². The number of hydrogen-bond acceptors (Lipinski definition) is 4. The van der Waals surface area contributed by atoms with Crippen LogP contribution in [-0.2, 0) is 0 Å². The van der Waals surface area contributed by atoms with Gasteiger partial charge in [0.25, 0.3) is 0 Å². The Bertz CT molecular complexity index is 538. The van der Waals surface area contributed by atoms with Crippen molar-refractivity contribution in [2.45, 2.75) is 13.8 Å². The molecule has 0 bridgehead atoms. The Hall–Kier alpha value is -1.81. The summed E-state index contributed by atoms with van der Waals surface area (Å²) < 4.78 is 0. The van der Waals surface area contributed by atoms with Crippen molar-refractivity contribution in [2.75, 3.05) is 31.5 Å². The number of nitrogens with one attached hydrogen (secondary N) is 1. The van der Waals surface area contributed by atoms with E-state index in [1.807, 2.05) is 12.1 Å². The zero-order valence-corrected chi connectivity index (χ0v) is 11.6. The lowest BCUT2D eigenvalue weighted by atomic mass is 10.2. The van der Waals surface area contributed by atoms with Crippen LogP contribution in [0, 0.1) is 0 Å². The van der Waals surface area contributed by atoms with Gasteiger partial charge in [0.2, 0.25) is 0 Å². The molecule has 0 saturated heterocycles. The van der Waals surface area contributed by atoms with Crippen LogP contribution in [0.25, 0.3) is 10.9 Å². The molecular formula is C15H21N3O. The van der Waals surface area contributed by atoms with Crippen LogP contribution in [0.1, 0.15) is 13.8 Å². The van der Waals surface area contributed by atoms with Crippen molar-refractivity contribution in [1.82, 2.24) is 9.88 Å². The van der Waals surface area contributed by atoms with Crippen molar-refractivity contribution in [3.05, 3.63) is 30.5 Å². The molecule has 0 radical (unpaired) electrons. The number of rotatable bonds is 6. The first-order valence-electron chi connectivity index (χ1n) is 6.78. The summed E-state index contributed by atoms with van der Waals surface area (Å²) in [6.45, 7) is 8.42. The molecule has 102 valence electrons. The maximum Gasteiger partial charge on any atom is 0.117 e. The van der Waals surface area contributed by atoms with E-state index in [0.29, 0.717) is 0 Å². The van der Waals surface area contributed by atoms with Crippen molar-refractivity contribution >= 4 is 16.6 Å². The molecule has 0 unspecified atom stereocenters. The average molecular weight is 259 g/mol. The van der Waals surface area contributed by atoms with Crippen LogP contribution in [-0.4, -0.2) is 41.2 Å². The van der Waals surface area contributed by atoms with Gasteiger partial charge >= 0.3 is 0 Å². The Morgan fingerprint density at radius 3 is 2.74 bits per heavy atom. The van der Waals surface area contributed by atoms with E-state index in [2.05, 4.69) is 29.0 Å². The van der Waals surface area contributed by atoms with E-state index in [9.17, 15) is 5.11 Å². The molecule has 4 heteroatoms. The number of fused-ring (bicyclic) bond motifs is 1. The van der Waals surface area contributed by atoms with E-state index in [-0.39, 0.29) is 5.75 Å². The lowest BCUT2D eigenvalue weighted by molar-refractivity contribution is 0.316. The number of aromatic hydroxyl groups is 1. The van der Waals surface area contributed by atoms with E-state index in [0.717, 1.165) is 42.8 Å². The van der Waals surface area contributed by atoms with Gasteiger partial charge in [0.15, 0.2) is 0 Å². The highest BCUT2D eigenvalue weighted by molar-refractivity contribution is 5.91. The number of benzene rings is 1. The lowest BCUT2D eigenvalue weighted by Gasteiger charge is -2.18. The van der Waals surface area contributed by atoms with Gasteiger partial charge in [-0.15, -0.1) is 0 Å². The van der Waals surface area contributed by atoms with Gasteiger partial charge in [0.05, 0.1) is 5.52 Å². The first kappa shape index (κ1) is 13.6. The minimum absolute atomic E-state index is 0.250. The molecular weight excluding hydrogens is 238 g/mol. The molecule has 1 aromatic heterocycles. The molecule has 19 heavy (non-hydrogen) atoms. The molecule has 2 N–H and O–H groups in total. The number of anilines is 1. The Morgan fingerprint density at radius 2 is 2.00 bits per heavy atom. The van der Waals surface area contributed by atoms with E-state index < -0.39 is 0 Å². The minimum Gasteiger partial charge on any atom is -0.508 e. The molecule has 0 aliphatic carbocycles. The van der Waals surface area contributed by atoms with Crippen LogP contribution in [0.4, 0.5) is 5.69 Å². The molecule has 1 heterocycles. The quantitative estimate of drug-likeness (QED) is 0.837. The van der Waals surface area contributed by atoms with Crippen molar-refractivity contribution in [2.24, 2.45) is 0 Å². The molecule has 0 spiro atoms. The number of phenolic OH excluding ortho intramolecular Hbond substituents is 1. The third-order valence-electron chi connectivity index (χ3n) is 3.36. The van der Waals surface area contributed by atoms with Crippen molar-refractivity contribution in [3.63, 3.8) is 0 Å². The largest absolute Gasteiger partial charge is 0.508 e. The Morgan fingerprint density at radius 1 is 1.21 bits per heavy atom. The number of aromatic nitrogens is 1. The summed E-state index contributed by atoms with van der Waals surface area (Å²) in [5.41, 5.74) is 1.88. The fourth-order valence-electron chi connectivity index (χ4n) is 2.18. The van der Waals surface area contributed by atoms with Crippen molar-refractivity contribution in [1.29, 1.82) is 0 Å². The molecule has 0 fully saturated rings. The highest BCUT2D eigenvalue weighted by Crippen LogP contribution is 2.24. The second-order valence-electron chi connectivity index (χ2n) is 4.51. The van der Waals surface area contributed by atoms with Gasteiger partial charge in [-0.1, -0.05) is 13.8 Å². The third-order valence-corrected chi connectivity index (χ3v) is 3.36. The van der Waals surface area contributed by atoms with E-state index in [4.69, 9.17) is 0 Å². The average Bonchev–Trinajstić information content (AvgIpc) is 2.43. The maximum atomic E-state index is 9.47. The summed E-state index contributed by atoms with van der Waals surface area (Å²) in [5.74, 6) is 0.250. The zero-order valence-electron chi connectivity index (χ0n) is 11.6. The molecule has 0 aliphatic rings. The molecule has 1 aromatic carbocycles. The predicted molar refractivity (Wildman–Crippen MR) is 79.7 cm³/mol. The maximum absolute atomic E-state index is 9.47. The molecule has 0 atom stereocenters. The first-order chi connectivity index (χ1) is 9.24. The molecule has 4 nitrogen and oxygen atoms in total. The lowest BCUT2D eigenvalue weighted by Crippen LogP contribution is -2.28. The number of nitrogens with zero attached hydrogens (tertiary/aromatic N) is 2. The molecule has 0 aliphatic heterocycles. The normalized spacial score (nSPS) is 11.1. The fraction of sp³-hybridized carbons (Fsp3) is 0.400. The Labute approximate surface area is 114 Å². The van der Waals surface area contributed by atoms with Gasteiger partial charge in [0, 0.05) is 36.4 Å². The van der Waals surface area contributed by atoms with Crippen LogP contribution in [0.5, 0.6) is 5.75 Å². The Balaban J connectivity index is 2.08. The van der Waals surface area contributed by atoms with Crippen LogP contribution in [0.2, 0.25) is 0 Å². The second kappa shape index (κ2) is 6.38. The van der Waals surface area contributed by atoms with Gasteiger partial charge in [-0.25, -0.2) is 0 Å². The summed E-state index contributed by atoms with van der Waals surface area (Å²) in [7, 11) is 0.